The van der Waals surface area contributed by atoms with E-state index in [1.807, 2.05) is 25.1 Å². The van der Waals surface area contributed by atoms with E-state index in [2.05, 4.69) is 49.8 Å². The highest BCUT2D eigenvalue weighted by Gasteiger charge is 2.51. The van der Waals surface area contributed by atoms with Gasteiger partial charge < -0.3 is 30.9 Å². The summed E-state index contributed by atoms with van der Waals surface area (Å²) in [5.41, 5.74) is 9.97. The Morgan fingerprint density at radius 3 is 2.55 bits per heavy atom. The Labute approximate surface area is 222 Å². The number of nitrogens with zero attached hydrogens (tertiary/aromatic N) is 5. The smallest absolute Gasteiger partial charge is 0.271 e. The molecule has 1 spiro atoms. The van der Waals surface area contributed by atoms with Crippen LogP contribution in [0.5, 0.6) is 0 Å². The number of carbonyl (C=O) groups is 1. The summed E-state index contributed by atoms with van der Waals surface area (Å²) in [7, 11) is 2.15. The van der Waals surface area contributed by atoms with Gasteiger partial charge in [-0.25, -0.2) is 9.97 Å². The largest absolute Gasteiger partial charge is 0.381 e. The Bertz CT molecular complexity index is 1310. The van der Waals surface area contributed by atoms with Gasteiger partial charge in [-0.3, -0.25) is 9.89 Å². The molecule has 6 rings (SSSR count). The second-order valence-electron chi connectivity index (χ2n) is 10.8. The van der Waals surface area contributed by atoms with Gasteiger partial charge in [-0.15, -0.1) is 0 Å². The molecule has 2 aliphatic heterocycles. The number of aromatic amines is 1. The van der Waals surface area contributed by atoms with Crippen molar-refractivity contribution >= 4 is 28.9 Å². The van der Waals surface area contributed by atoms with Gasteiger partial charge in [-0.1, -0.05) is 0 Å². The predicted molar refractivity (Wildman–Crippen MR) is 147 cm³/mol. The summed E-state index contributed by atoms with van der Waals surface area (Å²) in [5, 5.41) is 14.3. The second-order valence-corrected chi connectivity index (χ2v) is 10.8. The maximum Gasteiger partial charge on any atom is 0.271 e. The lowest BCUT2D eigenvalue weighted by Gasteiger charge is -2.34. The van der Waals surface area contributed by atoms with Crippen molar-refractivity contribution in [3.63, 3.8) is 0 Å². The van der Waals surface area contributed by atoms with Crippen molar-refractivity contribution in [1.29, 1.82) is 0 Å². The summed E-state index contributed by atoms with van der Waals surface area (Å²) in [6, 6.07) is 10.3. The first-order valence-corrected chi connectivity index (χ1v) is 13.3. The van der Waals surface area contributed by atoms with E-state index in [1.54, 1.807) is 0 Å². The van der Waals surface area contributed by atoms with Crippen molar-refractivity contribution < 1.29 is 9.53 Å². The fourth-order valence-corrected chi connectivity index (χ4v) is 5.40. The molecule has 3 aliphatic rings. The average molecular weight is 518 g/mol. The number of ether oxygens (including phenoxy) is 1. The SMILES string of the molecule is Cc1cc(-c2nc(C(N)=O)c(Nc3ccc(N4CCN(C)CC4)cc3)nc2NC2CCOCC23CC3)n[nH]1. The van der Waals surface area contributed by atoms with Crippen LogP contribution in [0.2, 0.25) is 0 Å². The summed E-state index contributed by atoms with van der Waals surface area (Å²) in [6.07, 6.45) is 3.13. The molecule has 38 heavy (non-hydrogen) atoms. The zero-order valence-electron chi connectivity index (χ0n) is 22.0. The molecule has 5 N–H and O–H groups in total. The van der Waals surface area contributed by atoms with E-state index in [-0.39, 0.29) is 17.2 Å². The number of hydrogen-bond acceptors (Lipinski definition) is 9. The Hall–Kier alpha value is -3.70. The maximum absolute atomic E-state index is 12.5. The molecular weight excluding hydrogens is 482 g/mol. The highest BCUT2D eigenvalue weighted by molar-refractivity contribution is 5.97. The van der Waals surface area contributed by atoms with Crippen LogP contribution in [0.25, 0.3) is 11.4 Å². The Balaban J connectivity index is 1.32. The first-order chi connectivity index (χ1) is 18.4. The molecule has 0 radical (unpaired) electrons. The number of primary amides is 1. The normalized spacial score (nSPS) is 20.9. The minimum absolute atomic E-state index is 0.0717. The monoisotopic (exact) mass is 517 g/mol. The zero-order valence-corrected chi connectivity index (χ0v) is 22.0. The van der Waals surface area contributed by atoms with Crippen LogP contribution in [0.1, 0.15) is 35.4 Å². The van der Waals surface area contributed by atoms with E-state index in [0.717, 1.165) is 63.4 Å². The second kappa shape index (κ2) is 9.88. The van der Waals surface area contributed by atoms with Gasteiger partial charge in [0.15, 0.2) is 17.3 Å². The Morgan fingerprint density at radius 1 is 1.13 bits per heavy atom. The minimum Gasteiger partial charge on any atom is -0.381 e. The van der Waals surface area contributed by atoms with E-state index in [4.69, 9.17) is 20.4 Å². The van der Waals surface area contributed by atoms with E-state index in [1.165, 1.54) is 5.69 Å². The Kier molecular flexibility index (Phi) is 6.40. The van der Waals surface area contributed by atoms with E-state index < -0.39 is 5.91 Å². The standard InChI is InChI=1S/C27H35N9O2/c1-17-15-20(34-33-17)22-25(30-21-7-14-38-16-27(21)8-9-27)32-26(23(31-22)24(28)37)29-18-3-5-19(6-4-18)36-12-10-35(2)11-13-36/h3-6,15,21H,7-14,16H2,1-2H3,(H2,28,37)(H,33,34)(H2,29,30,32). The molecule has 3 aromatic rings. The number of nitrogens with one attached hydrogen (secondary N) is 3. The van der Waals surface area contributed by atoms with Gasteiger partial charge >= 0.3 is 0 Å². The molecule has 1 unspecified atom stereocenters. The van der Waals surface area contributed by atoms with Crippen LogP contribution in [0, 0.1) is 12.3 Å². The first-order valence-electron chi connectivity index (χ1n) is 13.3. The quantitative estimate of drug-likeness (QED) is 0.373. The number of benzene rings is 1. The molecule has 2 saturated heterocycles. The van der Waals surface area contributed by atoms with Crippen LogP contribution >= 0.6 is 0 Å². The summed E-state index contributed by atoms with van der Waals surface area (Å²) in [6.45, 7) is 7.46. The van der Waals surface area contributed by atoms with Gasteiger partial charge in [0.25, 0.3) is 5.91 Å². The molecule has 2 aromatic heterocycles. The van der Waals surface area contributed by atoms with Crippen LogP contribution in [-0.2, 0) is 4.74 Å². The van der Waals surface area contributed by atoms with Crippen molar-refractivity contribution in [2.24, 2.45) is 11.1 Å². The zero-order chi connectivity index (χ0) is 26.3. The molecule has 1 saturated carbocycles. The van der Waals surface area contributed by atoms with Gasteiger partial charge in [0, 0.05) is 61.3 Å². The van der Waals surface area contributed by atoms with Gasteiger partial charge in [0.05, 0.1) is 6.61 Å². The van der Waals surface area contributed by atoms with Crippen molar-refractivity contribution in [2.75, 3.05) is 62.0 Å². The van der Waals surface area contributed by atoms with Gasteiger partial charge in [0.2, 0.25) is 0 Å². The summed E-state index contributed by atoms with van der Waals surface area (Å²) < 4.78 is 5.77. The number of aromatic nitrogens is 4. The fraction of sp³-hybridized carbons (Fsp3) is 0.481. The van der Waals surface area contributed by atoms with Crippen LogP contribution < -0.4 is 21.3 Å². The highest BCUT2D eigenvalue weighted by Crippen LogP contribution is 2.52. The van der Waals surface area contributed by atoms with Crippen molar-refractivity contribution in [1.82, 2.24) is 25.1 Å². The third-order valence-electron chi connectivity index (χ3n) is 7.96. The van der Waals surface area contributed by atoms with Gasteiger partial charge in [-0.05, 0) is 63.6 Å². The average Bonchev–Trinajstić information content (AvgIpc) is 3.55. The lowest BCUT2D eigenvalue weighted by molar-refractivity contribution is 0.0351. The molecule has 0 bridgehead atoms. The summed E-state index contributed by atoms with van der Waals surface area (Å²) in [5.74, 6) is 0.246. The lowest BCUT2D eigenvalue weighted by atomic mass is 9.92. The molecule has 3 fully saturated rings. The number of piperazine rings is 1. The lowest BCUT2D eigenvalue weighted by Crippen LogP contribution is -2.44. The Morgan fingerprint density at radius 2 is 1.89 bits per heavy atom. The van der Waals surface area contributed by atoms with Crippen LogP contribution in [0.3, 0.4) is 0 Å². The number of amides is 1. The summed E-state index contributed by atoms with van der Waals surface area (Å²) in [4.78, 5) is 26.8. The molecule has 11 nitrogen and oxygen atoms in total. The fourth-order valence-electron chi connectivity index (χ4n) is 5.40. The third kappa shape index (κ3) is 4.91. The minimum atomic E-state index is -0.654. The van der Waals surface area contributed by atoms with Crippen LogP contribution in [0.4, 0.5) is 23.0 Å². The van der Waals surface area contributed by atoms with Crippen molar-refractivity contribution in [3.05, 3.63) is 41.7 Å². The van der Waals surface area contributed by atoms with Crippen molar-refractivity contribution in [2.45, 2.75) is 32.2 Å². The molecule has 1 atom stereocenters. The molecule has 11 heteroatoms. The number of hydrogen-bond donors (Lipinski definition) is 4. The number of nitrogens with two attached hydrogens (primary N) is 1. The van der Waals surface area contributed by atoms with Gasteiger partial charge in [-0.2, -0.15) is 5.10 Å². The topological polar surface area (TPSA) is 137 Å². The van der Waals surface area contributed by atoms with Crippen molar-refractivity contribution in [3.8, 4) is 11.4 Å². The third-order valence-corrected chi connectivity index (χ3v) is 7.96. The molecular formula is C27H35N9O2. The molecule has 1 aromatic carbocycles. The molecule has 1 aliphatic carbocycles. The number of rotatable bonds is 7. The molecule has 200 valence electrons. The van der Waals surface area contributed by atoms with E-state index >= 15 is 0 Å². The summed E-state index contributed by atoms with van der Waals surface area (Å²) >= 11 is 0. The number of H-pyrrole nitrogens is 1. The number of carbonyl (C=O) groups excluding carboxylic acids is 1. The molecule has 4 heterocycles. The predicted octanol–water partition coefficient (Wildman–Crippen LogP) is 2.75. The van der Waals surface area contributed by atoms with E-state index in [9.17, 15) is 4.79 Å². The molecule has 1 amide bonds. The number of likely N-dealkylation sites (N-methyl/N-ethyl adjacent to an activating group) is 1. The maximum atomic E-state index is 12.5. The van der Waals surface area contributed by atoms with Crippen LogP contribution in [0.15, 0.2) is 30.3 Å². The van der Waals surface area contributed by atoms with E-state index in [0.29, 0.717) is 29.6 Å². The highest BCUT2D eigenvalue weighted by atomic mass is 16.5. The number of anilines is 4. The van der Waals surface area contributed by atoms with Crippen LogP contribution in [-0.4, -0.2) is 83.5 Å². The first kappa shape index (κ1) is 24.6. The van der Waals surface area contributed by atoms with Gasteiger partial charge in [0.1, 0.15) is 11.4 Å². The number of aryl methyl sites for hydroxylation is 1.